The van der Waals surface area contributed by atoms with Gasteiger partial charge in [0.1, 0.15) is 0 Å². The van der Waals surface area contributed by atoms with Gasteiger partial charge in [-0.2, -0.15) is 0 Å². The maximum Gasteiger partial charge on any atom is 0.0406 e. The molecule has 1 nitrogen and oxygen atoms in total. The van der Waals surface area contributed by atoms with E-state index in [-0.39, 0.29) is 0 Å². The van der Waals surface area contributed by atoms with Crippen molar-refractivity contribution in [3.8, 4) is 0 Å². The van der Waals surface area contributed by atoms with Gasteiger partial charge in [0.2, 0.25) is 0 Å². The van der Waals surface area contributed by atoms with Gasteiger partial charge >= 0.3 is 0 Å². The van der Waals surface area contributed by atoms with Crippen LogP contribution < -0.4 is 5.32 Å². The molecule has 126 valence electrons. The fraction of sp³-hybridized carbons (Fsp3) is 0.714. The number of benzene rings is 1. The van der Waals surface area contributed by atoms with E-state index < -0.39 is 0 Å². The third-order valence-corrected chi connectivity index (χ3v) is 7.32. The van der Waals surface area contributed by atoms with Gasteiger partial charge in [-0.25, -0.2) is 0 Å². The molecule has 4 aliphatic carbocycles. The molecule has 1 aromatic rings. The van der Waals surface area contributed by atoms with E-state index in [0.717, 1.165) is 16.9 Å². The Morgan fingerprint density at radius 1 is 1.00 bits per heavy atom. The maximum absolute atomic E-state index is 6.14. The zero-order valence-electron chi connectivity index (χ0n) is 14.7. The maximum atomic E-state index is 6.14. The Morgan fingerprint density at radius 2 is 1.61 bits per heavy atom. The van der Waals surface area contributed by atoms with E-state index >= 15 is 0 Å². The van der Waals surface area contributed by atoms with Crippen LogP contribution in [0.4, 0.5) is 0 Å². The van der Waals surface area contributed by atoms with Crippen LogP contribution in [-0.4, -0.2) is 12.1 Å². The molecule has 0 aliphatic heterocycles. The molecule has 1 aromatic carbocycles. The molecule has 4 saturated carbocycles. The second-order valence-electron chi connectivity index (χ2n) is 9.15. The van der Waals surface area contributed by atoms with Crippen molar-refractivity contribution >= 4 is 11.6 Å². The monoisotopic (exact) mass is 331 g/mol. The molecule has 0 spiro atoms. The summed E-state index contributed by atoms with van der Waals surface area (Å²) >= 11 is 6.14. The molecule has 4 fully saturated rings. The van der Waals surface area contributed by atoms with Crippen LogP contribution in [0.2, 0.25) is 5.02 Å². The molecular formula is C21H30ClN. The zero-order valence-corrected chi connectivity index (χ0v) is 15.5. The molecule has 2 heteroatoms. The molecular weight excluding hydrogens is 302 g/mol. The minimum atomic E-state index is 0.418. The Balaban J connectivity index is 1.69. The Labute approximate surface area is 146 Å². The van der Waals surface area contributed by atoms with Crippen LogP contribution >= 0.6 is 11.6 Å². The fourth-order valence-corrected chi connectivity index (χ4v) is 6.78. The largest absolute Gasteiger partial charge is 0.312 e. The number of halogens is 1. The van der Waals surface area contributed by atoms with Crippen molar-refractivity contribution in [3.63, 3.8) is 0 Å². The number of rotatable bonds is 4. The fourth-order valence-electron chi connectivity index (χ4n) is 6.66. The smallest absolute Gasteiger partial charge is 0.0406 e. The highest BCUT2D eigenvalue weighted by Gasteiger charge is 2.59. The van der Waals surface area contributed by atoms with E-state index in [9.17, 15) is 0 Å². The Morgan fingerprint density at radius 3 is 2.17 bits per heavy atom. The molecule has 3 atom stereocenters. The van der Waals surface area contributed by atoms with E-state index in [2.05, 4.69) is 50.4 Å². The van der Waals surface area contributed by atoms with Gasteiger partial charge in [0.15, 0.2) is 0 Å². The molecule has 0 unspecified atom stereocenters. The predicted octanol–water partition coefficient (Wildman–Crippen LogP) is 5.56. The summed E-state index contributed by atoms with van der Waals surface area (Å²) in [7, 11) is 0. The summed E-state index contributed by atoms with van der Waals surface area (Å²) in [5.74, 6) is 1.87. The molecule has 23 heavy (non-hydrogen) atoms. The van der Waals surface area contributed by atoms with Crippen LogP contribution in [0.5, 0.6) is 0 Å². The van der Waals surface area contributed by atoms with Gasteiger partial charge in [0, 0.05) is 17.1 Å². The molecule has 0 heterocycles. The Bertz CT molecular complexity index is 562. The van der Waals surface area contributed by atoms with Gasteiger partial charge in [-0.1, -0.05) is 37.6 Å². The third kappa shape index (κ3) is 2.65. The van der Waals surface area contributed by atoms with E-state index in [0.29, 0.717) is 22.9 Å². The van der Waals surface area contributed by atoms with Crippen molar-refractivity contribution in [1.29, 1.82) is 0 Å². The number of hydrogen-bond acceptors (Lipinski definition) is 1. The SMILES string of the molecule is CC(C)N[C@H](C)C12C[C@@H]3C[C@H](CC(c4ccc(Cl)cc4)(C3)C1)C2. The van der Waals surface area contributed by atoms with Crippen molar-refractivity contribution in [2.45, 2.75) is 76.8 Å². The second-order valence-corrected chi connectivity index (χ2v) is 9.59. The molecule has 1 N–H and O–H groups in total. The quantitative estimate of drug-likeness (QED) is 0.761. The van der Waals surface area contributed by atoms with E-state index in [1.807, 2.05) is 0 Å². The standard InChI is InChI=1S/C21H30ClN/c1-14(2)23-15(3)20-9-16-8-17(10-20)12-21(11-16,13-20)18-4-6-19(22)7-5-18/h4-7,14-17,23H,8-13H2,1-3H3/t15-,16+,17+,20?,21?/m1/s1. The van der Waals surface area contributed by atoms with Crippen LogP contribution in [0.25, 0.3) is 0 Å². The highest BCUT2D eigenvalue weighted by atomic mass is 35.5. The third-order valence-electron chi connectivity index (χ3n) is 7.06. The van der Waals surface area contributed by atoms with Crippen molar-refractivity contribution in [3.05, 3.63) is 34.9 Å². The van der Waals surface area contributed by atoms with Crippen molar-refractivity contribution < 1.29 is 0 Å². The van der Waals surface area contributed by atoms with Crippen LogP contribution in [0.1, 0.15) is 64.9 Å². The summed E-state index contributed by atoms with van der Waals surface area (Å²) in [6.07, 6.45) is 8.54. The summed E-state index contributed by atoms with van der Waals surface area (Å²) in [4.78, 5) is 0. The Hall–Kier alpha value is -0.530. The summed E-state index contributed by atoms with van der Waals surface area (Å²) in [6.45, 7) is 7.01. The van der Waals surface area contributed by atoms with Gasteiger partial charge in [-0.3, -0.25) is 0 Å². The first-order chi connectivity index (χ1) is 10.9. The van der Waals surface area contributed by atoms with E-state index in [4.69, 9.17) is 11.6 Å². The highest BCUT2D eigenvalue weighted by Crippen LogP contribution is 2.66. The van der Waals surface area contributed by atoms with Crippen molar-refractivity contribution in [2.24, 2.45) is 17.3 Å². The van der Waals surface area contributed by atoms with Crippen molar-refractivity contribution in [2.75, 3.05) is 0 Å². The molecule has 4 aliphatic rings. The average molecular weight is 332 g/mol. The lowest BCUT2D eigenvalue weighted by molar-refractivity contribution is -0.0891. The van der Waals surface area contributed by atoms with Crippen LogP contribution in [0.3, 0.4) is 0 Å². The van der Waals surface area contributed by atoms with E-state index in [1.54, 1.807) is 5.56 Å². The topological polar surface area (TPSA) is 12.0 Å². The summed E-state index contributed by atoms with van der Waals surface area (Å²) in [5, 5.41) is 4.72. The predicted molar refractivity (Wildman–Crippen MR) is 98.0 cm³/mol. The first-order valence-electron chi connectivity index (χ1n) is 9.43. The van der Waals surface area contributed by atoms with Crippen LogP contribution in [0.15, 0.2) is 24.3 Å². The zero-order chi connectivity index (χ0) is 16.2. The average Bonchev–Trinajstić information content (AvgIpc) is 2.45. The second kappa shape index (κ2) is 5.49. The first kappa shape index (κ1) is 16.0. The first-order valence-corrected chi connectivity index (χ1v) is 9.81. The number of hydrogen-bond donors (Lipinski definition) is 1. The van der Waals surface area contributed by atoms with Gasteiger partial charge in [0.05, 0.1) is 0 Å². The number of nitrogens with one attached hydrogen (secondary N) is 1. The molecule has 4 bridgehead atoms. The Kier molecular flexibility index (Phi) is 3.81. The lowest BCUT2D eigenvalue weighted by Gasteiger charge is -2.64. The molecule has 0 amide bonds. The minimum Gasteiger partial charge on any atom is -0.312 e. The molecule has 5 rings (SSSR count). The van der Waals surface area contributed by atoms with Gasteiger partial charge in [-0.05, 0) is 85.8 Å². The van der Waals surface area contributed by atoms with Crippen LogP contribution in [-0.2, 0) is 5.41 Å². The highest BCUT2D eigenvalue weighted by molar-refractivity contribution is 6.30. The van der Waals surface area contributed by atoms with E-state index in [1.165, 1.54) is 38.5 Å². The lowest BCUT2D eigenvalue weighted by atomic mass is 9.41. The minimum absolute atomic E-state index is 0.418. The van der Waals surface area contributed by atoms with Crippen molar-refractivity contribution in [1.82, 2.24) is 5.32 Å². The summed E-state index contributed by atoms with van der Waals surface area (Å²) in [6, 6.07) is 10.0. The van der Waals surface area contributed by atoms with Gasteiger partial charge in [-0.15, -0.1) is 0 Å². The molecule has 0 radical (unpaired) electrons. The normalized spacial score (nSPS) is 39.9. The molecule has 0 saturated heterocycles. The summed E-state index contributed by atoms with van der Waals surface area (Å²) in [5.41, 5.74) is 2.48. The van der Waals surface area contributed by atoms with Crippen LogP contribution in [0, 0.1) is 17.3 Å². The lowest BCUT2D eigenvalue weighted by Crippen LogP contribution is -2.60. The van der Waals surface area contributed by atoms with Gasteiger partial charge < -0.3 is 5.32 Å². The molecule has 0 aromatic heterocycles. The summed E-state index contributed by atoms with van der Waals surface area (Å²) < 4.78 is 0. The van der Waals surface area contributed by atoms with Gasteiger partial charge in [0.25, 0.3) is 0 Å².